The number of ether oxygens (including phenoxy) is 1. The van der Waals surface area contributed by atoms with Gasteiger partial charge in [-0.25, -0.2) is 0 Å². The molecule has 2 N–H and O–H groups in total. The van der Waals surface area contributed by atoms with Crippen molar-refractivity contribution in [2.45, 2.75) is 52.0 Å². The lowest BCUT2D eigenvalue weighted by molar-refractivity contribution is -0.123. The molecule has 1 saturated heterocycles. The van der Waals surface area contributed by atoms with Crippen molar-refractivity contribution in [1.82, 2.24) is 10.6 Å². The molecule has 1 aromatic carbocycles. The van der Waals surface area contributed by atoms with Gasteiger partial charge in [-0.2, -0.15) is 0 Å². The largest absolute Gasteiger partial charge is 0.497 e. The quantitative estimate of drug-likeness (QED) is 0.769. The molecule has 0 radical (unpaired) electrons. The second-order valence-corrected chi connectivity index (χ2v) is 7.12. The van der Waals surface area contributed by atoms with Gasteiger partial charge < -0.3 is 15.4 Å². The lowest BCUT2D eigenvalue weighted by Gasteiger charge is -2.28. The number of aryl methyl sites for hydroxylation is 1. The van der Waals surface area contributed by atoms with Crippen LogP contribution in [0.3, 0.4) is 0 Å². The molecule has 24 heavy (non-hydrogen) atoms. The SMILES string of the molecule is COc1ccc(CCC(C)NC(=O)CC(C)C2CCNCC2)cc1. The fraction of sp³-hybridized carbons (Fsp3) is 0.650. The molecule has 134 valence electrons. The lowest BCUT2D eigenvalue weighted by atomic mass is 9.84. The maximum atomic E-state index is 12.3. The number of hydrogen-bond donors (Lipinski definition) is 2. The molecule has 2 rings (SSSR count). The Balaban J connectivity index is 1.68. The summed E-state index contributed by atoms with van der Waals surface area (Å²) in [6, 6.07) is 8.36. The Labute approximate surface area is 146 Å². The monoisotopic (exact) mass is 332 g/mol. The van der Waals surface area contributed by atoms with E-state index in [0.29, 0.717) is 18.3 Å². The third-order valence-electron chi connectivity index (χ3n) is 5.13. The molecule has 1 aliphatic heterocycles. The number of carbonyl (C=O) groups excluding carboxylic acids is 1. The van der Waals surface area contributed by atoms with Gasteiger partial charge in [-0.05, 0) is 75.2 Å². The standard InChI is InChI=1S/C20H32N2O2/c1-15(18-10-12-21-13-11-18)14-20(23)22-16(2)4-5-17-6-8-19(24-3)9-7-17/h6-9,15-16,18,21H,4-5,10-14H2,1-3H3,(H,22,23). The highest BCUT2D eigenvalue weighted by Gasteiger charge is 2.22. The summed E-state index contributed by atoms with van der Waals surface area (Å²) in [5.74, 6) is 2.24. The molecule has 1 aliphatic rings. The van der Waals surface area contributed by atoms with E-state index in [2.05, 4.69) is 36.6 Å². The third kappa shape index (κ3) is 6.16. The summed E-state index contributed by atoms with van der Waals surface area (Å²) in [5, 5.41) is 6.55. The normalized spacial score (nSPS) is 18.0. The number of methoxy groups -OCH3 is 1. The summed E-state index contributed by atoms with van der Waals surface area (Å²) >= 11 is 0. The number of hydrogen-bond acceptors (Lipinski definition) is 3. The van der Waals surface area contributed by atoms with Gasteiger partial charge in [0.2, 0.25) is 5.91 Å². The number of carbonyl (C=O) groups is 1. The number of rotatable bonds is 8. The Morgan fingerprint density at radius 3 is 2.54 bits per heavy atom. The van der Waals surface area contributed by atoms with Gasteiger partial charge in [0.15, 0.2) is 0 Å². The minimum absolute atomic E-state index is 0.197. The van der Waals surface area contributed by atoms with Crippen molar-refractivity contribution in [3.05, 3.63) is 29.8 Å². The Hall–Kier alpha value is -1.55. The van der Waals surface area contributed by atoms with Crippen LogP contribution in [-0.2, 0) is 11.2 Å². The highest BCUT2D eigenvalue weighted by Crippen LogP contribution is 2.24. The summed E-state index contributed by atoms with van der Waals surface area (Å²) in [5.41, 5.74) is 1.28. The molecule has 1 fully saturated rings. The Kier molecular flexibility index (Phi) is 7.57. The lowest BCUT2D eigenvalue weighted by Crippen LogP contribution is -2.36. The first-order chi connectivity index (χ1) is 11.6. The molecule has 2 unspecified atom stereocenters. The molecule has 4 nitrogen and oxygen atoms in total. The van der Waals surface area contributed by atoms with Crippen molar-refractivity contribution in [3.63, 3.8) is 0 Å². The highest BCUT2D eigenvalue weighted by molar-refractivity contribution is 5.76. The molecule has 0 bridgehead atoms. The van der Waals surface area contributed by atoms with Gasteiger partial charge >= 0.3 is 0 Å². The van der Waals surface area contributed by atoms with Crippen LogP contribution in [0.4, 0.5) is 0 Å². The minimum atomic E-state index is 0.197. The van der Waals surface area contributed by atoms with Gasteiger partial charge in [0, 0.05) is 12.5 Å². The van der Waals surface area contributed by atoms with Crippen LogP contribution in [0, 0.1) is 11.8 Å². The zero-order valence-corrected chi connectivity index (χ0v) is 15.3. The molecule has 2 atom stereocenters. The van der Waals surface area contributed by atoms with E-state index in [4.69, 9.17) is 4.74 Å². The highest BCUT2D eigenvalue weighted by atomic mass is 16.5. The van der Waals surface area contributed by atoms with Crippen molar-refractivity contribution in [2.24, 2.45) is 11.8 Å². The molecule has 1 amide bonds. The third-order valence-corrected chi connectivity index (χ3v) is 5.13. The number of piperidine rings is 1. The summed E-state index contributed by atoms with van der Waals surface area (Å²) in [6.07, 6.45) is 4.97. The van der Waals surface area contributed by atoms with Crippen LogP contribution in [0.2, 0.25) is 0 Å². The minimum Gasteiger partial charge on any atom is -0.497 e. The van der Waals surface area contributed by atoms with Gasteiger partial charge in [-0.3, -0.25) is 4.79 Å². The Morgan fingerprint density at radius 1 is 1.25 bits per heavy atom. The second-order valence-electron chi connectivity index (χ2n) is 7.12. The van der Waals surface area contributed by atoms with E-state index in [1.165, 1.54) is 18.4 Å². The van der Waals surface area contributed by atoms with Gasteiger partial charge in [0.05, 0.1) is 7.11 Å². The van der Waals surface area contributed by atoms with Crippen molar-refractivity contribution in [1.29, 1.82) is 0 Å². The summed E-state index contributed by atoms with van der Waals surface area (Å²) in [7, 11) is 1.68. The van der Waals surface area contributed by atoms with E-state index in [1.54, 1.807) is 7.11 Å². The molecule has 1 heterocycles. The average molecular weight is 332 g/mol. The summed E-state index contributed by atoms with van der Waals surface area (Å²) in [4.78, 5) is 12.3. The average Bonchev–Trinajstić information content (AvgIpc) is 2.61. The van der Waals surface area contributed by atoms with Crippen LogP contribution in [0.25, 0.3) is 0 Å². The van der Waals surface area contributed by atoms with Gasteiger partial charge in [-0.15, -0.1) is 0 Å². The van der Waals surface area contributed by atoms with Gasteiger partial charge in [0.1, 0.15) is 5.75 Å². The predicted octanol–water partition coefficient (Wildman–Crippen LogP) is 3.16. The first kappa shape index (κ1) is 18.8. The predicted molar refractivity (Wildman–Crippen MR) is 98.3 cm³/mol. The molecule has 1 aromatic rings. The van der Waals surface area contributed by atoms with Crippen molar-refractivity contribution >= 4 is 5.91 Å². The summed E-state index contributed by atoms with van der Waals surface area (Å²) < 4.78 is 5.17. The van der Waals surface area contributed by atoms with Crippen LogP contribution < -0.4 is 15.4 Å². The summed E-state index contributed by atoms with van der Waals surface area (Å²) in [6.45, 7) is 6.50. The van der Waals surface area contributed by atoms with Crippen LogP contribution in [-0.4, -0.2) is 32.1 Å². The Bertz CT molecular complexity index is 495. The molecule has 4 heteroatoms. The van der Waals surface area contributed by atoms with E-state index in [1.807, 2.05) is 12.1 Å². The maximum absolute atomic E-state index is 12.3. The van der Waals surface area contributed by atoms with E-state index < -0.39 is 0 Å². The number of amides is 1. The zero-order chi connectivity index (χ0) is 17.4. The first-order valence-electron chi connectivity index (χ1n) is 9.21. The first-order valence-corrected chi connectivity index (χ1v) is 9.21. The van der Waals surface area contributed by atoms with E-state index in [-0.39, 0.29) is 11.9 Å². The smallest absolute Gasteiger partial charge is 0.220 e. The molecular weight excluding hydrogens is 300 g/mol. The van der Waals surface area contributed by atoms with E-state index in [0.717, 1.165) is 31.7 Å². The van der Waals surface area contributed by atoms with E-state index >= 15 is 0 Å². The van der Waals surface area contributed by atoms with Crippen molar-refractivity contribution in [3.8, 4) is 5.75 Å². The molecule has 0 spiro atoms. The number of benzene rings is 1. The Morgan fingerprint density at radius 2 is 1.92 bits per heavy atom. The van der Waals surface area contributed by atoms with Gasteiger partial charge in [-0.1, -0.05) is 19.1 Å². The molecular formula is C20H32N2O2. The fourth-order valence-electron chi connectivity index (χ4n) is 3.45. The van der Waals surface area contributed by atoms with Crippen LogP contribution in [0.15, 0.2) is 24.3 Å². The van der Waals surface area contributed by atoms with Crippen LogP contribution >= 0.6 is 0 Å². The molecule has 0 aliphatic carbocycles. The zero-order valence-electron chi connectivity index (χ0n) is 15.3. The van der Waals surface area contributed by atoms with Crippen molar-refractivity contribution in [2.75, 3.05) is 20.2 Å². The van der Waals surface area contributed by atoms with Crippen LogP contribution in [0.5, 0.6) is 5.75 Å². The fourth-order valence-corrected chi connectivity index (χ4v) is 3.45. The molecule has 0 aromatic heterocycles. The molecule has 0 saturated carbocycles. The van der Waals surface area contributed by atoms with E-state index in [9.17, 15) is 4.79 Å². The van der Waals surface area contributed by atoms with Crippen LogP contribution in [0.1, 0.15) is 45.1 Å². The van der Waals surface area contributed by atoms with Gasteiger partial charge in [0.25, 0.3) is 0 Å². The number of nitrogens with one attached hydrogen (secondary N) is 2. The topological polar surface area (TPSA) is 50.4 Å². The van der Waals surface area contributed by atoms with Crippen molar-refractivity contribution < 1.29 is 9.53 Å². The second kappa shape index (κ2) is 9.67. The maximum Gasteiger partial charge on any atom is 0.220 e.